The quantitative estimate of drug-likeness (QED) is 0.0261. The van der Waals surface area contributed by atoms with Crippen molar-refractivity contribution in [2.24, 2.45) is 0 Å². The number of hydrogen-bond donors (Lipinski definition) is 0. The normalized spacial score (nSPS) is 12.6. The molecular formula is C77H136O6. The van der Waals surface area contributed by atoms with Crippen LogP contribution in [0.3, 0.4) is 0 Å². The van der Waals surface area contributed by atoms with Gasteiger partial charge in [0.25, 0.3) is 0 Å². The first-order valence-corrected chi connectivity index (χ1v) is 36.1. The highest BCUT2D eigenvalue weighted by atomic mass is 16.6. The van der Waals surface area contributed by atoms with E-state index >= 15 is 0 Å². The molecule has 1 unspecified atom stereocenters. The summed E-state index contributed by atoms with van der Waals surface area (Å²) in [6, 6.07) is 0. The highest BCUT2D eigenvalue weighted by molar-refractivity contribution is 5.71. The van der Waals surface area contributed by atoms with E-state index in [4.69, 9.17) is 14.2 Å². The van der Waals surface area contributed by atoms with E-state index in [-0.39, 0.29) is 31.1 Å². The molecule has 0 saturated heterocycles. The minimum absolute atomic E-state index is 0.0809. The molecule has 1 atom stereocenters. The highest BCUT2D eigenvalue weighted by Gasteiger charge is 2.19. The number of carbonyl (C=O) groups excluding carboxylic acids is 3. The van der Waals surface area contributed by atoms with Gasteiger partial charge in [-0.2, -0.15) is 0 Å². The van der Waals surface area contributed by atoms with Crippen LogP contribution in [-0.2, 0) is 28.6 Å². The Hall–Kier alpha value is -3.41. The molecule has 0 saturated carbocycles. The Bertz CT molecular complexity index is 1570. The average Bonchev–Trinajstić information content (AvgIpc) is 3.49. The maximum absolute atomic E-state index is 13.0. The van der Waals surface area contributed by atoms with Gasteiger partial charge in [0.2, 0.25) is 0 Å². The molecule has 0 spiro atoms. The fraction of sp³-hybridized carbons (Fsp3) is 0.779. The first kappa shape index (κ1) is 79.6. The molecule has 0 amide bonds. The standard InChI is InChI=1S/C77H136O6/c1-4-7-10-13-16-19-22-25-28-31-33-35-37-38-40-41-43-46-49-52-55-58-61-64-67-70-76(79)82-73-74(72-81-75(78)69-66-63-60-57-54-51-48-45-30-27-24-21-18-15-12-9-6-3)83-77(80)71-68-65-62-59-56-53-50-47-44-42-39-36-34-32-29-26-23-20-17-14-11-8-5-2/h9,12,18,21,23,26-27,30-34,39,42,74H,4-8,10-11,13-17,19-20,22,24-25,28-29,35-38,40-41,43-73H2,1-3H3/b12-9-,21-18-,26-23-,30-27-,33-31-,34-32-,42-39-. The summed E-state index contributed by atoms with van der Waals surface area (Å²) in [6.45, 7) is 6.56. The lowest BCUT2D eigenvalue weighted by atomic mass is 10.0. The Labute approximate surface area is 515 Å². The van der Waals surface area contributed by atoms with Gasteiger partial charge in [0.1, 0.15) is 13.2 Å². The molecule has 0 aliphatic heterocycles. The second kappa shape index (κ2) is 71.1. The van der Waals surface area contributed by atoms with Crippen molar-refractivity contribution in [2.75, 3.05) is 13.2 Å². The fourth-order valence-electron chi connectivity index (χ4n) is 10.5. The molecular weight excluding hydrogens is 1020 g/mol. The molecule has 0 aromatic heterocycles. The van der Waals surface area contributed by atoms with Crippen molar-refractivity contribution in [1.29, 1.82) is 0 Å². The predicted molar refractivity (Wildman–Crippen MR) is 362 cm³/mol. The van der Waals surface area contributed by atoms with Crippen molar-refractivity contribution in [2.45, 2.75) is 374 Å². The lowest BCUT2D eigenvalue weighted by Crippen LogP contribution is -2.30. The summed E-state index contributed by atoms with van der Waals surface area (Å²) in [5.74, 6) is -0.880. The first-order valence-electron chi connectivity index (χ1n) is 36.1. The molecule has 6 nitrogen and oxygen atoms in total. The van der Waals surface area contributed by atoms with Crippen LogP contribution in [0.15, 0.2) is 85.1 Å². The maximum Gasteiger partial charge on any atom is 0.306 e. The lowest BCUT2D eigenvalue weighted by molar-refractivity contribution is -0.167. The summed E-state index contributed by atoms with van der Waals surface area (Å²) >= 11 is 0. The van der Waals surface area contributed by atoms with Crippen molar-refractivity contribution >= 4 is 17.9 Å². The van der Waals surface area contributed by atoms with Crippen molar-refractivity contribution in [3.8, 4) is 0 Å². The average molecular weight is 1160 g/mol. The molecule has 480 valence electrons. The summed E-state index contributed by atoms with van der Waals surface area (Å²) < 4.78 is 17.0. The maximum atomic E-state index is 13.0. The van der Waals surface area contributed by atoms with Crippen LogP contribution in [0.2, 0.25) is 0 Å². The van der Waals surface area contributed by atoms with Crippen LogP contribution in [-0.4, -0.2) is 37.2 Å². The largest absolute Gasteiger partial charge is 0.462 e. The van der Waals surface area contributed by atoms with Crippen molar-refractivity contribution in [3.05, 3.63) is 85.1 Å². The van der Waals surface area contributed by atoms with Gasteiger partial charge in [-0.15, -0.1) is 0 Å². The molecule has 0 heterocycles. The zero-order valence-electron chi connectivity index (χ0n) is 55.2. The number of ether oxygens (including phenoxy) is 3. The minimum Gasteiger partial charge on any atom is -0.462 e. The summed E-state index contributed by atoms with van der Waals surface area (Å²) in [4.78, 5) is 38.5. The zero-order chi connectivity index (χ0) is 59.9. The van der Waals surface area contributed by atoms with Crippen LogP contribution in [0.4, 0.5) is 0 Å². The monoisotopic (exact) mass is 1160 g/mol. The molecule has 0 aromatic carbocycles. The third kappa shape index (κ3) is 69.3. The van der Waals surface area contributed by atoms with Gasteiger partial charge in [0.05, 0.1) is 0 Å². The Morgan fingerprint density at radius 1 is 0.253 bits per heavy atom. The van der Waals surface area contributed by atoms with Gasteiger partial charge < -0.3 is 14.2 Å². The molecule has 0 bridgehead atoms. The lowest BCUT2D eigenvalue weighted by Gasteiger charge is -2.18. The molecule has 0 N–H and O–H groups in total. The van der Waals surface area contributed by atoms with E-state index in [9.17, 15) is 14.4 Å². The van der Waals surface area contributed by atoms with Gasteiger partial charge in [-0.05, 0) is 116 Å². The number of rotatable bonds is 66. The first-order chi connectivity index (χ1) is 41.0. The molecule has 0 rings (SSSR count). The number of unbranched alkanes of at least 4 members (excludes halogenated alkanes) is 41. The summed E-state index contributed by atoms with van der Waals surface area (Å²) in [6.07, 6.45) is 94.6. The number of carbonyl (C=O) groups is 3. The smallest absolute Gasteiger partial charge is 0.306 e. The van der Waals surface area contributed by atoms with E-state index in [0.29, 0.717) is 19.3 Å². The van der Waals surface area contributed by atoms with Crippen LogP contribution in [0.1, 0.15) is 367 Å². The van der Waals surface area contributed by atoms with E-state index < -0.39 is 6.10 Å². The summed E-state index contributed by atoms with van der Waals surface area (Å²) in [5, 5.41) is 0. The highest BCUT2D eigenvalue weighted by Crippen LogP contribution is 2.17. The van der Waals surface area contributed by atoms with Crippen molar-refractivity contribution in [1.82, 2.24) is 0 Å². The number of hydrogen-bond acceptors (Lipinski definition) is 6. The fourth-order valence-corrected chi connectivity index (χ4v) is 10.5. The van der Waals surface area contributed by atoms with E-state index in [2.05, 4.69) is 106 Å². The Kier molecular flexibility index (Phi) is 68.2. The zero-order valence-corrected chi connectivity index (χ0v) is 55.2. The van der Waals surface area contributed by atoms with Gasteiger partial charge in [-0.1, -0.05) is 318 Å². The summed E-state index contributed by atoms with van der Waals surface area (Å²) in [7, 11) is 0. The van der Waals surface area contributed by atoms with Gasteiger partial charge in [-0.25, -0.2) is 0 Å². The van der Waals surface area contributed by atoms with E-state index in [0.717, 1.165) is 103 Å². The van der Waals surface area contributed by atoms with Gasteiger partial charge in [-0.3, -0.25) is 14.4 Å². The second-order valence-corrected chi connectivity index (χ2v) is 24.1. The predicted octanol–water partition coefficient (Wildman–Crippen LogP) is 25.0. The van der Waals surface area contributed by atoms with Crippen molar-refractivity contribution in [3.63, 3.8) is 0 Å². The van der Waals surface area contributed by atoms with Gasteiger partial charge >= 0.3 is 17.9 Å². The van der Waals surface area contributed by atoms with Crippen LogP contribution in [0.25, 0.3) is 0 Å². The minimum atomic E-state index is -0.788. The Morgan fingerprint density at radius 2 is 0.470 bits per heavy atom. The second-order valence-electron chi connectivity index (χ2n) is 24.1. The molecule has 0 radical (unpaired) electrons. The van der Waals surface area contributed by atoms with Crippen LogP contribution < -0.4 is 0 Å². The topological polar surface area (TPSA) is 78.9 Å². The van der Waals surface area contributed by atoms with Gasteiger partial charge in [0.15, 0.2) is 6.10 Å². The third-order valence-corrected chi connectivity index (χ3v) is 15.9. The molecule has 0 fully saturated rings. The molecule has 0 aliphatic carbocycles. The van der Waals surface area contributed by atoms with Crippen LogP contribution >= 0.6 is 0 Å². The van der Waals surface area contributed by atoms with Crippen LogP contribution in [0, 0.1) is 0 Å². The number of allylic oxidation sites excluding steroid dienone is 14. The molecule has 0 aromatic rings. The Morgan fingerprint density at radius 3 is 0.747 bits per heavy atom. The SMILES string of the molecule is CC/C=C\C/C=C\C/C=C\CCCCCCCCCC(=O)OCC(COC(=O)CCCCCCCCCCCCCCC/C=C\CCCCCCCCCC)OC(=O)CCCCCCCCCC/C=C\C/C=C\C/C=C\CCCCCCC. The van der Waals surface area contributed by atoms with E-state index in [1.165, 1.54) is 225 Å². The Balaban J connectivity index is 4.35. The van der Waals surface area contributed by atoms with E-state index in [1.54, 1.807) is 0 Å². The molecule has 83 heavy (non-hydrogen) atoms. The molecule has 0 aliphatic rings. The summed E-state index contributed by atoms with van der Waals surface area (Å²) in [5.41, 5.74) is 0. The van der Waals surface area contributed by atoms with Gasteiger partial charge in [0, 0.05) is 19.3 Å². The van der Waals surface area contributed by atoms with Crippen molar-refractivity contribution < 1.29 is 28.6 Å². The van der Waals surface area contributed by atoms with Crippen LogP contribution in [0.5, 0.6) is 0 Å². The number of esters is 3. The van der Waals surface area contributed by atoms with E-state index in [1.807, 2.05) is 0 Å². The molecule has 6 heteroatoms. The third-order valence-electron chi connectivity index (χ3n) is 15.9.